The fourth-order valence-corrected chi connectivity index (χ4v) is 5.51. The van der Waals surface area contributed by atoms with Gasteiger partial charge in [-0.05, 0) is 51.4 Å². The minimum Gasteiger partial charge on any atom is -0.328 e. The Morgan fingerprint density at radius 1 is 0.647 bits per heavy atom. The summed E-state index contributed by atoms with van der Waals surface area (Å²) in [5.41, 5.74) is 11.7. The van der Waals surface area contributed by atoms with Crippen LogP contribution in [-0.4, -0.2) is 31.0 Å². The number of hydrogen-bond donors (Lipinski definition) is 2. The van der Waals surface area contributed by atoms with E-state index in [-0.39, 0.29) is 22.6 Å². The highest BCUT2D eigenvalue weighted by Gasteiger charge is 2.37. The van der Waals surface area contributed by atoms with Crippen LogP contribution in [0.4, 0.5) is 0 Å². The Morgan fingerprint density at radius 2 is 0.941 bits per heavy atom. The Hall–Kier alpha value is -0.130. The van der Waals surface area contributed by atoms with E-state index < -0.39 is 9.84 Å². The normalized spacial score (nSPS) is 40.1. The number of rotatable bonds is 2. The molecule has 100 valence electrons. The van der Waals surface area contributed by atoms with E-state index in [1.807, 2.05) is 0 Å². The SMILES string of the molecule is NC1CCC(S(=O)(=O)C2CCC(N)CC2)CC1. The Labute approximate surface area is 104 Å². The molecule has 2 rings (SSSR count). The molecule has 0 atom stereocenters. The van der Waals surface area contributed by atoms with Gasteiger partial charge >= 0.3 is 0 Å². The van der Waals surface area contributed by atoms with Crippen LogP contribution in [0.1, 0.15) is 51.4 Å². The first-order valence-electron chi connectivity index (χ1n) is 6.74. The molecule has 2 aliphatic carbocycles. The minimum absolute atomic E-state index is 0.137. The first-order valence-corrected chi connectivity index (χ1v) is 8.35. The van der Waals surface area contributed by atoms with Gasteiger partial charge in [0.05, 0.1) is 10.5 Å². The predicted octanol–water partition coefficient (Wildman–Crippen LogP) is 0.941. The van der Waals surface area contributed by atoms with Gasteiger partial charge in [-0.25, -0.2) is 8.42 Å². The van der Waals surface area contributed by atoms with E-state index in [1.165, 1.54) is 0 Å². The van der Waals surface area contributed by atoms with Crippen molar-refractivity contribution < 1.29 is 8.42 Å². The summed E-state index contributed by atoms with van der Waals surface area (Å²) < 4.78 is 24.9. The highest BCUT2D eigenvalue weighted by molar-refractivity contribution is 7.92. The first-order chi connectivity index (χ1) is 8.00. The lowest BCUT2D eigenvalue weighted by molar-refractivity contribution is 0.407. The van der Waals surface area contributed by atoms with Crippen LogP contribution in [-0.2, 0) is 9.84 Å². The topological polar surface area (TPSA) is 86.2 Å². The number of nitrogens with two attached hydrogens (primary N) is 2. The molecule has 0 spiro atoms. The average molecular weight is 260 g/mol. The summed E-state index contributed by atoms with van der Waals surface area (Å²) >= 11 is 0. The van der Waals surface area contributed by atoms with Gasteiger partial charge in [0.2, 0.25) is 0 Å². The maximum absolute atomic E-state index is 12.5. The molecule has 0 aromatic rings. The predicted molar refractivity (Wildman–Crippen MR) is 69.4 cm³/mol. The van der Waals surface area contributed by atoms with Crippen molar-refractivity contribution >= 4 is 9.84 Å². The summed E-state index contributed by atoms with van der Waals surface area (Å²) in [6.07, 6.45) is 6.45. The van der Waals surface area contributed by atoms with E-state index in [4.69, 9.17) is 11.5 Å². The van der Waals surface area contributed by atoms with Crippen molar-refractivity contribution in [3.63, 3.8) is 0 Å². The van der Waals surface area contributed by atoms with Gasteiger partial charge in [-0.3, -0.25) is 0 Å². The van der Waals surface area contributed by atoms with Crippen LogP contribution in [0.15, 0.2) is 0 Å². The van der Waals surface area contributed by atoms with Crippen molar-refractivity contribution in [2.24, 2.45) is 11.5 Å². The van der Waals surface area contributed by atoms with E-state index in [2.05, 4.69) is 0 Å². The fourth-order valence-electron chi connectivity index (χ4n) is 3.11. The molecule has 0 aromatic carbocycles. The second kappa shape index (κ2) is 5.24. The lowest BCUT2D eigenvalue weighted by Gasteiger charge is -2.32. The highest BCUT2D eigenvalue weighted by Crippen LogP contribution is 2.31. The summed E-state index contributed by atoms with van der Waals surface area (Å²) in [7, 11) is -2.94. The highest BCUT2D eigenvalue weighted by atomic mass is 32.2. The second-order valence-corrected chi connectivity index (χ2v) is 8.17. The molecule has 17 heavy (non-hydrogen) atoms. The lowest BCUT2D eigenvalue weighted by atomic mass is 9.95. The summed E-state index contributed by atoms with van der Waals surface area (Å²) in [6, 6.07) is 0.419. The molecule has 5 heteroatoms. The molecule has 0 aromatic heterocycles. The van der Waals surface area contributed by atoms with Crippen LogP contribution in [0.2, 0.25) is 0 Å². The van der Waals surface area contributed by atoms with Gasteiger partial charge in [-0.15, -0.1) is 0 Å². The lowest BCUT2D eigenvalue weighted by Crippen LogP contribution is -2.41. The third-order valence-corrected chi connectivity index (χ3v) is 7.17. The molecule has 2 fully saturated rings. The molecule has 4 nitrogen and oxygen atoms in total. The molecule has 0 radical (unpaired) electrons. The van der Waals surface area contributed by atoms with Crippen LogP contribution < -0.4 is 11.5 Å². The van der Waals surface area contributed by atoms with E-state index >= 15 is 0 Å². The van der Waals surface area contributed by atoms with Crippen molar-refractivity contribution in [2.75, 3.05) is 0 Å². The zero-order chi connectivity index (χ0) is 12.5. The Kier molecular flexibility index (Phi) is 4.10. The Morgan fingerprint density at radius 3 is 1.24 bits per heavy atom. The van der Waals surface area contributed by atoms with Gasteiger partial charge in [0.25, 0.3) is 0 Å². The molecule has 0 heterocycles. The summed E-state index contributed by atoms with van der Waals surface area (Å²) in [4.78, 5) is 0. The molecular formula is C12H24N2O2S. The van der Waals surface area contributed by atoms with E-state index in [9.17, 15) is 8.42 Å². The van der Waals surface area contributed by atoms with Gasteiger partial charge in [0.1, 0.15) is 0 Å². The zero-order valence-electron chi connectivity index (χ0n) is 10.3. The standard InChI is InChI=1S/C12H24N2O2S/c13-9-1-5-11(6-2-9)17(15,16)12-7-3-10(14)4-8-12/h9-12H,1-8,13-14H2. The third kappa shape index (κ3) is 3.01. The first kappa shape index (κ1) is 13.3. The maximum Gasteiger partial charge on any atom is 0.156 e. The smallest absolute Gasteiger partial charge is 0.156 e. The van der Waals surface area contributed by atoms with Crippen molar-refractivity contribution in [3.05, 3.63) is 0 Å². The van der Waals surface area contributed by atoms with Crippen LogP contribution in [0.25, 0.3) is 0 Å². The van der Waals surface area contributed by atoms with Crippen LogP contribution in [0, 0.1) is 0 Å². The van der Waals surface area contributed by atoms with Gasteiger partial charge in [0.15, 0.2) is 9.84 Å². The van der Waals surface area contributed by atoms with Gasteiger partial charge in [-0.2, -0.15) is 0 Å². The van der Waals surface area contributed by atoms with E-state index in [1.54, 1.807) is 0 Å². The van der Waals surface area contributed by atoms with Crippen molar-refractivity contribution in [1.82, 2.24) is 0 Å². The second-order valence-electron chi connectivity index (χ2n) is 5.66. The Bertz CT molecular complexity index is 312. The van der Waals surface area contributed by atoms with Crippen molar-refractivity contribution in [3.8, 4) is 0 Å². The summed E-state index contributed by atoms with van der Waals surface area (Å²) in [6.45, 7) is 0. The van der Waals surface area contributed by atoms with Gasteiger partial charge < -0.3 is 11.5 Å². The van der Waals surface area contributed by atoms with Crippen molar-refractivity contribution in [2.45, 2.75) is 74.0 Å². The summed E-state index contributed by atoms with van der Waals surface area (Å²) in [5, 5.41) is -0.275. The van der Waals surface area contributed by atoms with Crippen LogP contribution in [0.5, 0.6) is 0 Å². The average Bonchev–Trinajstić information content (AvgIpc) is 2.30. The van der Waals surface area contributed by atoms with Crippen molar-refractivity contribution in [1.29, 1.82) is 0 Å². The quantitative estimate of drug-likeness (QED) is 0.773. The largest absolute Gasteiger partial charge is 0.328 e. The van der Waals surface area contributed by atoms with Crippen LogP contribution in [0.3, 0.4) is 0 Å². The fraction of sp³-hybridized carbons (Fsp3) is 1.00. The molecule has 0 bridgehead atoms. The zero-order valence-corrected chi connectivity index (χ0v) is 11.2. The van der Waals surface area contributed by atoms with E-state index in [0.717, 1.165) is 51.4 Å². The maximum atomic E-state index is 12.5. The number of sulfone groups is 1. The van der Waals surface area contributed by atoms with Gasteiger partial charge in [0, 0.05) is 12.1 Å². The third-order valence-electron chi connectivity index (χ3n) is 4.37. The van der Waals surface area contributed by atoms with Gasteiger partial charge in [-0.1, -0.05) is 0 Å². The number of hydrogen-bond acceptors (Lipinski definition) is 4. The minimum atomic E-state index is -2.94. The Balaban J connectivity index is 1.98. The molecule has 0 saturated heterocycles. The molecule has 0 aliphatic heterocycles. The monoisotopic (exact) mass is 260 g/mol. The van der Waals surface area contributed by atoms with Crippen LogP contribution >= 0.6 is 0 Å². The molecule has 0 amide bonds. The molecular weight excluding hydrogens is 236 g/mol. The molecule has 2 saturated carbocycles. The van der Waals surface area contributed by atoms with E-state index in [0.29, 0.717) is 0 Å². The molecule has 0 unspecified atom stereocenters. The molecule has 4 N–H and O–H groups in total. The molecule has 2 aliphatic rings. The summed E-state index contributed by atoms with van der Waals surface area (Å²) in [5.74, 6) is 0.